The quantitative estimate of drug-likeness (QED) is 0.140. The number of aliphatic hydroxyl groups is 1. The Bertz CT molecular complexity index is 321. The van der Waals surface area contributed by atoms with E-state index in [-0.39, 0.29) is 12.6 Å². The van der Waals surface area contributed by atoms with Gasteiger partial charge in [-0.05, 0) is 38.2 Å². The molecular formula is C21H38O3. The first-order valence-corrected chi connectivity index (χ1v) is 9.91. The third-order valence-electron chi connectivity index (χ3n) is 4.09. The molecule has 0 saturated carbocycles. The number of allylic oxidation sites excluding steroid dienone is 2. The van der Waals surface area contributed by atoms with E-state index in [1.54, 1.807) is 0 Å². The van der Waals surface area contributed by atoms with Crippen LogP contribution in [-0.4, -0.2) is 17.7 Å². The lowest BCUT2D eigenvalue weighted by molar-refractivity contribution is -0.142. The van der Waals surface area contributed by atoms with Crippen molar-refractivity contribution >= 4 is 5.97 Å². The first-order chi connectivity index (χ1) is 11.8. The van der Waals surface area contributed by atoms with E-state index in [0.717, 1.165) is 19.1 Å². The van der Waals surface area contributed by atoms with Gasteiger partial charge in [-0.3, -0.25) is 4.79 Å². The van der Waals surface area contributed by atoms with Gasteiger partial charge in [0.05, 0.1) is 6.26 Å². The minimum atomic E-state index is -0.175. The molecule has 0 unspecified atom stereocenters. The number of ether oxygens (including phenoxy) is 1. The lowest BCUT2D eigenvalue weighted by atomic mass is 10.1. The van der Waals surface area contributed by atoms with Crippen molar-refractivity contribution in [1.29, 1.82) is 0 Å². The van der Waals surface area contributed by atoms with Gasteiger partial charge in [0.1, 0.15) is 6.61 Å². The highest BCUT2D eigenvalue weighted by molar-refractivity contribution is 5.69. The van der Waals surface area contributed by atoms with E-state index in [1.807, 2.05) is 0 Å². The molecule has 0 aromatic heterocycles. The molecule has 24 heavy (non-hydrogen) atoms. The van der Waals surface area contributed by atoms with Crippen LogP contribution in [0.4, 0.5) is 0 Å². The maximum Gasteiger partial charge on any atom is 0.306 e. The fraction of sp³-hybridized carbons (Fsp3) is 0.762. The van der Waals surface area contributed by atoms with Crippen molar-refractivity contribution in [3.05, 3.63) is 24.5 Å². The Labute approximate surface area is 149 Å². The highest BCUT2D eigenvalue weighted by atomic mass is 16.5. The van der Waals surface area contributed by atoms with Crippen molar-refractivity contribution in [2.45, 2.75) is 96.8 Å². The van der Waals surface area contributed by atoms with Gasteiger partial charge < -0.3 is 9.84 Å². The summed E-state index contributed by atoms with van der Waals surface area (Å²) in [6, 6.07) is 0. The average Bonchev–Trinajstić information content (AvgIpc) is 2.58. The van der Waals surface area contributed by atoms with E-state index in [9.17, 15) is 4.79 Å². The van der Waals surface area contributed by atoms with Gasteiger partial charge in [-0.1, -0.05) is 70.4 Å². The summed E-state index contributed by atoms with van der Waals surface area (Å²) in [5, 5.41) is 8.42. The number of rotatable bonds is 17. The Kier molecular flexibility index (Phi) is 18.8. The number of unbranched alkanes of at least 4 members (excludes halogenated alkanes) is 11. The number of carbonyl (C=O) groups is 1. The van der Waals surface area contributed by atoms with Crippen LogP contribution in [0.25, 0.3) is 0 Å². The van der Waals surface area contributed by atoms with Gasteiger partial charge in [0.25, 0.3) is 0 Å². The van der Waals surface area contributed by atoms with Crippen LogP contribution in [0.15, 0.2) is 24.5 Å². The van der Waals surface area contributed by atoms with E-state index < -0.39 is 0 Å². The smallest absolute Gasteiger partial charge is 0.306 e. The highest BCUT2D eigenvalue weighted by Gasteiger charge is 2.00. The third kappa shape index (κ3) is 18.8. The number of aliphatic hydroxyl groups excluding tert-OH is 1. The first-order valence-electron chi connectivity index (χ1n) is 9.91. The van der Waals surface area contributed by atoms with Gasteiger partial charge in [0.2, 0.25) is 0 Å². The van der Waals surface area contributed by atoms with Crippen molar-refractivity contribution in [3.63, 3.8) is 0 Å². The Hall–Kier alpha value is -1.25. The molecule has 0 amide bonds. The molecule has 0 atom stereocenters. The Morgan fingerprint density at radius 1 is 0.792 bits per heavy atom. The summed E-state index contributed by atoms with van der Waals surface area (Å²) in [6.07, 6.45) is 23.8. The predicted octanol–water partition coefficient (Wildman–Crippen LogP) is 6.64. The van der Waals surface area contributed by atoms with E-state index in [1.165, 1.54) is 76.7 Å². The zero-order chi connectivity index (χ0) is 17.7. The van der Waals surface area contributed by atoms with Crippen LogP contribution in [0.2, 0.25) is 0 Å². The summed E-state index contributed by atoms with van der Waals surface area (Å²) < 4.78 is 4.91. The van der Waals surface area contributed by atoms with E-state index in [0.29, 0.717) is 6.42 Å². The van der Waals surface area contributed by atoms with E-state index >= 15 is 0 Å². The van der Waals surface area contributed by atoms with E-state index in [2.05, 4.69) is 19.1 Å². The number of carbonyl (C=O) groups excluding carboxylic acids is 1. The molecule has 0 radical (unpaired) electrons. The van der Waals surface area contributed by atoms with Crippen LogP contribution >= 0.6 is 0 Å². The van der Waals surface area contributed by atoms with E-state index in [4.69, 9.17) is 9.84 Å². The normalized spacial score (nSPS) is 11.5. The molecule has 0 fully saturated rings. The van der Waals surface area contributed by atoms with Gasteiger partial charge in [-0.25, -0.2) is 0 Å². The molecule has 3 nitrogen and oxygen atoms in total. The van der Waals surface area contributed by atoms with Crippen LogP contribution < -0.4 is 0 Å². The Balaban J connectivity index is 3.19. The van der Waals surface area contributed by atoms with Gasteiger partial charge >= 0.3 is 5.97 Å². The molecule has 0 bridgehead atoms. The average molecular weight is 339 g/mol. The highest BCUT2D eigenvalue weighted by Crippen LogP contribution is 2.10. The SMILES string of the molecule is CCCCCCCCC=CCCCCCCCC(=O)OCC=CO. The zero-order valence-electron chi connectivity index (χ0n) is 15.7. The lowest BCUT2D eigenvalue weighted by Gasteiger charge is -2.02. The molecule has 1 N–H and O–H groups in total. The first kappa shape index (κ1) is 22.8. The second-order valence-corrected chi connectivity index (χ2v) is 6.40. The summed E-state index contributed by atoms with van der Waals surface area (Å²) in [7, 11) is 0. The molecular weight excluding hydrogens is 300 g/mol. The van der Waals surface area contributed by atoms with Gasteiger partial charge in [0.15, 0.2) is 0 Å². The van der Waals surface area contributed by atoms with Crippen molar-refractivity contribution in [2.75, 3.05) is 6.61 Å². The van der Waals surface area contributed by atoms with Crippen LogP contribution in [-0.2, 0) is 9.53 Å². The van der Waals surface area contributed by atoms with Crippen LogP contribution in [0.5, 0.6) is 0 Å². The molecule has 0 spiro atoms. The van der Waals surface area contributed by atoms with Crippen molar-refractivity contribution in [2.24, 2.45) is 0 Å². The van der Waals surface area contributed by atoms with Gasteiger partial charge in [0, 0.05) is 6.42 Å². The zero-order valence-corrected chi connectivity index (χ0v) is 15.7. The maximum atomic E-state index is 11.3. The van der Waals surface area contributed by atoms with Crippen LogP contribution in [0.1, 0.15) is 96.8 Å². The second kappa shape index (κ2) is 19.8. The lowest BCUT2D eigenvalue weighted by Crippen LogP contribution is -2.03. The summed E-state index contributed by atoms with van der Waals surface area (Å²) in [6.45, 7) is 2.43. The molecule has 0 heterocycles. The fourth-order valence-corrected chi connectivity index (χ4v) is 2.60. The molecule has 3 heteroatoms. The van der Waals surface area contributed by atoms with Crippen LogP contribution in [0.3, 0.4) is 0 Å². The molecule has 0 saturated heterocycles. The van der Waals surface area contributed by atoms with Gasteiger partial charge in [-0.2, -0.15) is 0 Å². The molecule has 140 valence electrons. The van der Waals surface area contributed by atoms with Crippen molar-refractivity contribution < 1.29 is 14.6 Å². The fourth-order valence-electron chi connectivity index (χ4n) is 2.60. The molecule has 0 aliphatic heterocycles. The summed E-state index contributed by atoms with van der Waals surface area (Å²) in [5.41, 5.74) is 0. The second-order valence-electron chi connectivity index (χ2n) is 6.40. The topological polar surface area (TPSA) is 46.5 Å². The van der Waals surface area contributed by atoms with Crippen molar-refractivity contribution in [1.82, 2.24) is 0 Å². The van der Waals surface area contributed by atoms with Gasteiger partial charge in [-0.15, -0.1) is 0 Å². The Morgan fingerprint density at radius 2 is 1.33 bits per heavy atom. The molecule has 0 aliphatic carbocycles. The minimum absolute atomic E-state index is 0.167. The maximum absolute atomic E-state index is 11.3. The molecule has 0 rings (SSSR count). The standard InChI is InChI=1S/C21H38O3/c1-2-3-4-5-6-7-8-9-10-11-12-13-14-15-16-18-21(23)24-20-17-19-22/h9-10,17,19,22H,2-8,11-16,18,20H2,1H3. The minimum Gasteiger partial charge on any atom is -0.516 e. The number of hydrogen-bond acceptors (Lipinski definition) is 3. The van der Waals surface area contributed by atoms with Crippen molar-refractivity contribution in [3.8, 4) is 0 Å². The largest absolute Gasteiger partial charge is 0.516 e. The monoisotopic (exact) mass is 338 g/mol. The predicted molar refractivity (Wildman–Crippen MR) is 102 cm³/mol. The Morgan fingerprint density at radius 3 is 1.92 bits per heavy atom. The summed E-state index contributed by atoms with van der Waals surface area (Å²) >= 11 is 0. The number of esters is 1. The third-order valence-corrected chi connectivity index (χ3v) is 4.09. The summed E-state index contributed by atoms with van der Waals surface area (Å²) in [4.78, 5) is 11.3. The molecule has 0 aliphatic rings. The number of hydrogen-bond donors (Lipinski definition) is 1. The summed E-state index contributed by atoms with van der Waals surface area (Å²) in [5.74, 6) is -0.175. The molecule has 0 aromatic rings. The molecule has 0 aromatic carbocycles. The van der Waals surface area contributed by atoms with Crippen LogP contribution in [0, 0.1) is 0 Å².